The van der Waals surface area contributed by atoms with Crippen LogP contribution in [0, 0.1) is 12.8 Å². The lowest BCUT2D eigenvalue weighted by Gasteiger charge is -2.19. The first-order valence-electron chi connectivity index (χ1n) is 5.17. The quantitative estimate of drug-likeness (QED) is 0.851. The molecule has 1 rings (SSSR count). The van der Waals surface area contributed by atoms with E-state index in [-0.39, 0.29) is 6.04 Å². The van der Waals surface area contributed by atoms with Gasteiger partial charge in [0.15, 0.2) is 0 Å². The Morgan fingerprint density at radius 1 is 1.44 bits per heavy atom. The fourth-order valence-electron chi connectivity index (χ4n) is 1.28. The van der Waals surface area contributed by atoms with Crippen LogP contribution in [0.25, 0.3) is 0 Å². The van der Waals surface area contributed by atoms with Crippen molar-refractivity contribution in [3.8, 4) is 0 Å². The summed E-state index contributed by atoms with van der Waals surface area (Å²) in [6.45, 7) is 5.44. The topological polar surface area (TPSA) is 49.3 Å². The molecular weight excluding hydrogens is 226 g/mol. The van der Waals surface area contributed by atoms with Gasteiger partial charge >= 0.3 is 5.97 Å². The normalized spacial score (nSPS) is 14.2. The van der Waals surface area contributed by atoms with Crippen LogP contribution in [-0.4, -0.2) is 17.1 Å². The predicted octanol–water partition coefficient (Wildman–Crippen LogP) is 3.17. The number of benzene rings is 1. The summed E-state index contributed by atoms with van der Waals surface area (Å²) in [6, 6.07) is 5.47. The second-order valence-corrected chi connectivity index (χ2v) is 4.43. The summed E-state index contributed by atoms with van der Waals surface area (Å²) in [4.78, 5) is 10.8. The fraction of sp³-hybridized carbons (Fsp3) is 0.417. The van der Waals surface area contributed by atoms with E-state index in [0.29, 0.717) is 5.02 Å². The number of carboxylic acid groups (broad SMARTS) is 1. The zero-order chi connectivity index (χ0) is 12.3. The first-order valence-corrected chi connectivity index (χ1v) is 5.55. The number of hydrogen-bond acceptors (Lipinski definition) is 2. The lowest BCUT2D eigenvalue weighted by atomic mass is 10.0. The molecule has 0 heterocycles. The minimum absolute atomic E-state index is 0.142. The molecule has 0 fully saturated rings. The molecule has 0 aromatic heterocycles. The molecule has 1 aromatic rings. The number of carbonyl (C=O) groups is 1. The number of aryl methyl sites for hydroxylation is 1. The van der Waals surface area contributed by atoms with Gasteiger partial charge in [0.05, 0.1) is 5.92 Å². The van der Waals surface area contributed by atoms with Crippen molar-refractivity contribution in [2.24, 2.45) is 5.92 Å². The average Bonchev–Trinajstić information content (AvgIpc) is 2.22. The van der Waals surface area contributed by atoms with Crippen LogP contribution in [-0.2, 0) is 4.79 Å². The Morgan fingerprint density at radius 2 is 2.06 bits per heavy atom. The minimum atomic E-state index is -0.807. The van der Waals surface area contributed by atoms with Gasteiger partial charge in [-0.15, -0.1) is 0 Å². The van der Waals surface area contributed by atoms with Gasteiger partial charge in [-0.25, -0.2) is 0 Å². The van der Waals surface area contributed by atoms with E-state index in [9.17, 15) is 4.79 Å². The van der Waals surface area contributed by atoms with E-state index >= 15 is 0 Å². The third-order valence-corrected chi connectivity index (χ3v) is 3.11. The maximum atomic E-state index is 10.8. The Bertz CT molecular complexity index is 393. The van der Waals surface area contributed by atoms with Crippen LogP contribution in [0.4, 0.5) is 5.69 Å². The van der Waals surface area contributed by atoms with E-state index in [2.05, 4.69) is 5.32 Å². The maximum absolute atomic E-state index is 10.8. The monoisotopic (exact) mass is 241 g/mol. The molecule has 0 aliphatic heterocycles. The predicted molar refractivity (Wildman–Crippen MR) is 66.1 cm³/mol. The maximum Gasteiger partial charge on any atom is 0.308 e. The van der Waals surface area contributed by atoms with Crippen LogP contribution < -0.4 is 5.32 Å². The molecule has 0 amide bonds. The summed E-state index contributed by atoms with van der Waals surface area (Å²) in [7, 11) is 0. The lowest BCUT2D eigenvalue weighted by Crippen LogP contribution is -2.29. The summed E-state index contributed by atoms with van der Waals surface area (Å²) in [5.74, 6) is -1.25. The summed E-state index contributed by atoms with van der Waals surface area (Å²) in [6.07, 6.45) is 0. The molecule has 3 nitrogen and oxygen atoms in total. The van der Waals surface area contributed by atoms with E-state index in [1.807, 2.05) is 32.0 Å². The third kappa shape index (κ3) is 3.14. The summed E-state index contributed by atoms with van der Waals surface area (Å²) in [5.41, 5.74) is 1.85. The molecule has 88 valence electrons. The van der Waals surface area contributed by atoms with Crippen molar-refractivity contribution in [3.05, 3.63) is 28.8 Å². The Labute approximate surface area is 100 Å². The highest BCUT2D eigenvalue weighted by Gasteiger charge is 2.18. The van der Waals surface area contributed by atoms with Gasteiger partial charge in [0.1, 0.15) is 0 Å². The fourth-order valence-corrected chi connectivity index (χ4v) is 1.46. The number of halogens is 1. The molecule has 2 unspecified atom stereocenters. The Morgan fingerprint density at radius 3 is 2.56 bits per heavy atom. The number of nitrogens with one attached hydrogen (secondary N) is 1. The molecule has 16 heavy (non-hydrogen) atoms. The molecule has 1 aromatic carbocycles. The molecule has 0 spiro atoms. The van der Waals surface area contributed by atoms with Crippen molar-refractivity contribution in [1.29, 1.82) is 0 Å². The van der Waals surface area contributed by atoms with Gasteiger partial charge in [-0.2, -0.15) is 0 Å². The Balaban J connectivity index is 2.73. The average molecular weight is 242 g/mol. The highest BCUT2D eigenvalue weighted by molar-refractivity contribution is 6.31. The molecule has 0 bridgehead atoms. The van der Waals surface area contributed by atoms with E-state index in [1.165, 1.54) is 0 Å². The second kappa shape index (κ2) is 5.21. The smallest absolute Gasteiger partial charge is 0.308 e. The second-order valence-electron chi connectivity index (χ2n) is 4.02. The molecule has 2 N–H and O–H groups in total. The minimum Gasteiger partial charge on any atom is -0.481 e. The van der Waals surface area contributed by atoms with Crippen LogP contribution in [0.2, 0.25) is 5.02 Å². The van der Waals surface area contributed by atoms with Crippen molar-refractivity contribution >= 4 is 23.3 Å². The zero-order valence-corrected chi connectivity index (χ0v) is 10.4. The third-order valence-electron chi connectivity index (χ3n) is 2.71. The molecule has 0 aliphatic carbocycles. The van der Waals surface area contributed by atoms with Gasteiger partial charge < -0.3 is 10.4 Å². The molecule has 0 aliphatic rings. The molecular formula is C12H16ClNO2. The highest BCUT2D eigenvalue weighted by atomic mass is 35.5. The molecule has 0 saturated heterocycles. The molecule has 0 saturated carbocycles. The van der Waals surface area contributed by atoms with Crippen molar-refractivity contribution in [2.75, 3.05) is 5.32 Å². The van der Waals surface area contributed by atoms with Gasteiger partial charge in [-0.05, 0) is 38.5 Å². The Kier molecular flexibility index (Phi) is 4.19. The lowest BCUT2D eigenvalue weighted by molar-refractivity contribution is -0.141. The van der Waals surface area contributed by atoms with Crippen molar-refractivity contribution in [1.82, 2.24) is 0 Å². The number of hydrogen-bond donors (Lipinski definition) is 2. The first-order chi connectivity index (χ1) is 7.41. The van der Waals surface area contributed by atoms with Crippen molar-refractivity contribution < 1.29 is 9.90 Å². The number of aliphatic carboxylic acids is 1. The summed E-state index contributed by atoms with van der Waals surface area (Å²) >= 11 is 5.98. The standard InChI is InChI=1S/C12H16ClNO2/c1-7-4-5-10(6-11(7)13)14-9(3)8(2)12(15)16/h4-6,8-9,14H,1-3H3,(H,15,16). The molecule has 2 atom stereocenters. The number of rotatable bonds is 4. The van der Waals surface area contributed by atoms with Crippen LogP contribution in [0.15, 0.2) is 18.2 Å². The van der Waals surface area contributed by atoms with Crippen LogP contribution in [0.5, 0.6) is 0 Å². The summed E-state index contributed by atoms with van der Waals surface area (Å²) < 4.78 is 0. The van der Waals surface area contributed by atoms with E-state index < -0.39 is 11.9 Å². The van der Waals surface area contributed by atoms with Gasteiger partial charge in [0.2, 0.25) is 0 Å². The first kappa shape index (κ1) is 12.8. The molecule has 4 heteroatoms. The largest absolute Gasteiger partial charge is 0.481 e. The van der Waals surface area contributed by atoms with Crippen LogP contribution in [0.1, 0.15) is 19.4 Å². The van der Waals surface area contributed by atoms with E-state index in [1.54, 1.807) is 6.92 Å². The van der Waals surface area contributed by atoms with Crippen molar-refractivity contribution in [2.45, 2.75) is 26.8 Å². The van der Waals surface area contributed by atoms with Gasteiger partial charge in [-0.1, -0.05) is 17.7 Å². The summed E-state index contributed by atoms with van der Waals surface area (Å²) in [5, 5.41) is 12.7. The van der Waals surface area contributed by atoms with E-state index in [0.717, 1.165) is 11.3 Å². The number of carboxylic acids is 1. The van der Waals surface area contributed by atoms with Crippen LogP contribution in [0.3, 0.4) is 0 Å². The Hall–Kier alpha value is -1.22. The SMILES string of the molecule is Cc1ccc(NC(C)C(C)C(=O)O)cc1Cl. The highest BCUT2D eigenvalue weighted by Crippen LogP contribution is 2.21. The van der Waals surface area contributed by atoms with Gasteiger partial charge in [0.25, 0.3) is 0 Å². The molecule has 0 radical (unpaired) electrons. The van der Waals surface area contributed by atoms with E-state index in [4.69, 9.17) is 16.7 Å². The van der Waals surface area contributed by atoms with Crippen molar-refractivity contribution in [3.63, 3.8) is 0 Å². The van der Waals surface area contributed by atoms with Gasteiger partial charge in [-0.3, -0.25) is 4.79 Å². The van der Waals surface area contributed by atoms with Crippen LogP contribution >= 0.6 is 11.6 Å². The zero-order valence-electron chi connectivity index (χ0n) is 9.62. The number of anilines is 1. The van der Waals surface area contributed by atoms with Gasteiger partial charge in [0, 0.05) is 16.8 Å².